The summed E-state index contributed by atoms with van der Waals surface area (Å²) in [6, 6.07) is 5.53. The molecule has 1 nitrogen and oxygen atoms in total. The van der Waals surface area contributed by atoms with Crippen molar-refractivity contribution in [3.05, 3.63) is 40.0 Å². The maximum atomic E-state index is 5.99. The number of aromatic nitrogens is 1. The summed E-state index contributed by atoms with van der Waals surface area (Å²) in [6.45, 7) is 2.01. The van der Waals surface area contributed by atoms with E-state index in [0.717, 1.165) is 16.5 Å². The minimum atomic E-state index is 0.603. The van der Waals surface area contributed by atoms with Crippen molar-refractivity contribution in [1.29, 1.82) is 0 Å². The van der Waals surface area contributed by atoms with Gasteiger partial charge in [-0.3, -0.25) is 4.98 Å². The number of hydrogen-bond acceptors (Lipinski definition) is 1. The van der Waals surface area contributed by atoms with Crippen LogP contribution in [0.25, 0.3) is 10.9 Å². The fraction of sp³-hybridized carbons (Fsp3) is 0.100. The minimum absolute atomic E-state index is 0.603. The Labute approximate surface area is 86.3 Å². The van der Waals surface area contributed by atoms with Gasteiger partial charge in [0.15, 0.2) is 0 Å². The highest BCUT2D eigenvalue weighted by atomic mass is 35.5. The van der Waals surface area contributed by atoms with Gasteiger partial charge in [-0.05, 0) is 30.7 Å². The highest BCUT2D eigenvalue weighted by molar-refractivity contribution is 6.38. The van der Waals surface area contributed by atoms with Gasteiger partial charge >= 0.3 is 0 Å². The summed E-state index contributed by atoms with van der Waals surface area (Å²) in [7, 11) is 0. The smallest absolute Gasteiger partial charge is 0.0891 e. The number of rotatable bonds is 0. The average molecular weight is 212 g/mol. The molecule has 0 aliphatic heterocycles. The molecule has 0 N–H and O–H groups in total. The molecule has 0 atom stereocenters. The average Bonchev–Trinajstić information content (AvgIpc) is 2.07. The zero-order chi connectivity index (χ0) is 9.42. The predicted molar refractivity (Wildman–Crippen MR) is 56.5 cm³/mol. The van der Waals surface area contributed by atoms with E-state index < -0.39 is 0 Å². The van der Waals surface area contributed by atoms with Crippen molar-refractivity contribution in [3.63, 3.8) is 0 Å². The normalized spacial score (nSPS) is 10.7. The summed E-state index contributed by atoms with van der Waals surface area (Å²) >= 11 is 11.9. The monoisotopic (exact) mass is 211 g/mol. The minimum Gasteiger partial charge on any atom is -0.255 e. The van der Waals surface area contributed by atoms with Gasteiger partial charge in [0.25, 0.3) is 0 Å². The standard InChI is InChI=1S/C10H7Cl2N/c1-6-2-3-13-10-8(6)4-7(11)5-9(10)12/h2-5H,1H3. The molecule has 0 radical (unpaired) electrons. The summed E-state index contributed by atoms with van der Waals surface area (Å²) in [4.78, 5) is 4.19. The SMILES string of the molecule is Cc1ccnc2c(Cl)cc(Cl)cc12. The summed E-state index contributed by atoms with van der Waals surface area (Å²) in [5, 5.41) is 2.26. The van der Waals surface area contributed by atoms with E-state index in [4.69, 9.17) is 23.2 Å². The lowest BCUT2D eigenvalue weighted by Crippen LogP contribution is -1.83. The van der Waals surface area contributed by atoms with E-state index in [2.05, 4.69) is 4.98 Å². The highest BCUT2D eigenvalue weighted by Crippen LogP contribution is 2.27. The first-order valence-electron chi connectivity index (χ1n) is 3.89. The Morgan fingerprint density at radius 2 is 2.00 bits per heavy atom. The Morgan fingerprint density at radius 1 is 1.23 bits per heavy atom. The van der Waals surface area contributed by atoms with Gasteiger partial charge < -0.3 is 0 Å². The second-order valence-corrected chi connectivity index (χ2v) is 3.76. The van der Waals surface area contributed by atoms with Crippen LogP contribution < -0.4 is 0 Å². The van der Waals surface area contributed by atoms with E-state index in [1.807, 2.05) is 19.1 Å². The first kappa shape index (κ1) is 8.79. The van der Waals surface area contributed by atoms with Crippen LogP contribution in [0, 0.1) is 6.92 Å². The number of aryl methyl sites for hydroxylation is 1. The van der Waals surface area contributed by atoms with Gasteiger partial charge in [0, 0.05) is 16.6 Å². The summed E-state index contributed by atoms with van der Waals surface area (Å²) < 4.78 is 0. The van der Waals surface area contributed by atoms with Crippen molar-refractivity contribution >= 4 is 34.1 Å². The fourth-order valence-corrected chi connectivity index (χ4v) is 1.85. The maximum absolute atomic E-state index is 5.99. The molecular formula is C10H7Cl2N. The van der Waals surface area contributed by atoms with Crippen LogP contribution in [0.1, 0.15) is 5.56 Å². The molecule has 0 aliphatic carbocycles. The number of halogens is 2. The molecule has 0 saturated carbocycles. The third-order valence-corrected chi connectivity index (χ3v) is 2.49. The molecule has 13 heavy (non-hydrogen) atoms. The summed E-state index contributed by atoms with van der Waals surface area (Å²) in [5.41, 5.74) is 1.94. The Bertz CT molecular complexity index is 466. The van der Waals surface area contributed by atoms with Crippen LogP contribution >= 0.6 is 23.2 Å². The van der Waals surface area contributed by atoms with Crippen LogP contribution in [0.15, 0.2) is 24.4 Å². The molecule has 0 saturated heterocycles. The van der Waals surface area contributed by atoms with E-state index in [-0.39, 0.29) is 0 Å². The molecule has 1 heterocycles. The van der Waals surface area contributed by atoms with E-state index in [0.29, 0.717) is 10.0 Å². The molecule has 0 spiro atoms. The third-order valence-electron chi connectivity index (χ3n) is 1.98. The van der Waals surface area contributed by atoms with Crippen molar-refractivity contribution in [1.82, 2.24) is 4.98 Å². The van der Waals surface area contributed by atoms with Gasteiger partial charge in [-0.25, -0.2) is 0 Å². The molecule has 2 rings (SSSR count). The van der Waals surface area contributed by atoms with Gasteiger partial charge in [-0.15, -0.1) is 0 Å². The van der Waals surface area contributed by atoms with Crippen LogP contribution in [0.5, 0.6) is 0 Å². The molecule has 0 amide bonds. The second-order valence-electron chi connectivity index (χ2n) is 2.91. The van der Waals surface area contributed by atoms with Gasteiger partial charge in [-0.2, -0.15) is 0 Å². The number of nitrogens with zero attached hydrogens (tertiary/aromatic N) is 1. The zero-order valence-electron chi connectivity index (χ0n) is 7.01. The number of pyridine rings is 1. The second kappa shape index (κ2) is 3.17. The summed E-state index contributed by atoms with van der Waals surface area (Å²) in [5.74, 6) is 0. The van der Waals surface area contributed by atoms with E-state index >= 15 is 0 Å². The lowest BCUT2D eigenvalue weighted by atomic mass is 10.1. The fourth-order valence-electron chi connectivity index (χ4n) is 1.31. The molecule has 66 valence electrons. The van der Waals surface area contributed by atoms with E-state index in [1.165, 1.54) is 0 Å². The third kappa shape index (κ3) is 1.50. The predicted octanol–water partition coefficient (Wildman–Crippen LogP) is 3.85. The zero-order valence-corrected chi connectivity index (χ0v) is 8.52. The topological polar surface area (TPSA) is 12.9 Å². The van der Waals surface area contributed by atoms with Crippen molar-refractivity contribution < 1.29 is 0 Å². The Balaban J connectivity index is 2.94. The van der Waals surface area contributed by atoms with Gasteiger partial charge in [0.05, 0.1) is 10.5 Å². The molecule has 0 unspecified atom stereocenters. The molecule has 0 aliphatic rings. The van der Waals surface area contributed by atoms with Crippen molar-refractivity contribution in [2.24, 2.45) is 0 Å². The van der Waals surface area contributed by atoms with Crippen LogP contribution in [-0.2, 0) is 0 Å². The van der Waals surface area contributed by atoms with Crippen LogP contribution in [0.4, 0.5) is 0 Å². The van der Waals surface area contributed by atoms with Gasteiger partial charge in [0.1, 0.15) is 0 Å². The lowest BCUT2D eigenvalue weighted by molar-refractivity contribution is 1.37. The van der Waals surface area contributed by atoms with Crippen molar-refractivity contribution in [3.8, 4) is 0 Å². The first-order valence-corrected chi connectivity index (χ1v) is 4.64. The van der Waals surface area contributed by atoms with E-state index in [1.54, 1.807) is 12.3 Å². The first-order chi connectivity index (χ1) is 6.18. The molecule has 1 aromatic heterocycles. The molecule has 0 bridgehead atoms. The van der Waals surface area contributed by atoms with Crippen molar-refractivity contribution in [2.45, 2.75) is 6.92 Å². The maximum Gasteiger partial charge on any atom is 0.0891 e. The largest absolute Gasteiger partial charge is 0.255 e. The molecular weight excluding hydrogens is 205 g/mol. The number of fused-ring (bicyclic) bond motifs is 1. The summed E-state index contributed by atoms with van der Waals surface area (Å²) in [6.07, 6.45) is 1.75. The van der Waals surface area contributed by atoms with Crippen LogP contribution in [0.2, 0.25) is 10.0 Å². The lowest BCUT2D eigenvalue weighted by Gasteiger charge is -2.02. The molecule has 1 aromatic carbocycles. The van der Waals surface area contributed by atoms with Crippen molar-refractivity contribution in [2.75, 3.05) is 0 Å². The van der Waals surface area contributed by atoms with Gasteiger partial charge in [0.2, 0.25) is 0 Å². The Morgan fingerprint density at radius 3 is 2.77 bits per heavy atom. The Kier molecular flexibility index (Phi) is 2.14. The molecule has 3 heteroatoms. The number of benzene rings is 1. The van der Waals surface area contributed by atoms with Crippen LogP contribution in [-0.4, -0.2) is 4.98 Å². The molecule has 0 fully saturated rings. The van der Waals surface area contributed by atoms with E-state index in [9.17, 15) is 0 Å². The van der Waals surface area contributed by atoms with Gasteiger partial charge in [-0.1, -0.05) is 23.2 Å². The highest BCUT2D eigenvalue weighted by Gasteiger charge is 2.03. The molecule has 2 aromatic rings. The Hall–Kier alpha value is -0.790. The quantitative estimate of drug-likeness (QED) is 0.646. The number of hydrogen-bond donors (Lipinski definition) is 0. The van der Waals surface area contributed by atoms with Crippen LogP contribution in [0.3, 0.4) is 0 Å².